The van der Waals surface area contributed by atoms with Crippen LogP contribution in [0.25, 0.3) is 0 Å². The summed E-state index contributed by atoms with van der Waals surface area (Å²) in [5.41, 5.74) is 5.28. The van der Waals surface area contributed by atoms with Crippen molar-refractivity contribution in [3.8, 4) is 0 Å². The fourth-order valence-electron chi connectivity index (χ4n) is 2.40. The highest BCUT2D eigenvalue weighted by molar-refractivity contribution is 5.99. The van der Waals surface area contributed by atoms with Gasteiger partial charge in [0.15, 0.2) is 0 Å². The van der Waals surface area contributed by atoms with Crippen LogP contribution in [-0.4, -0.2) is 16.4 Å². The zero-order valence-electron chi connectivity index (χ0n) is 10.6. The maximum atomic E-state index is 12.2. The number of carbonyl (C=O) groups is 1. The monoisotopic (exact) mass is 263 g/mol. The van der Waals surface area contributed by atoms with Crippen molar-refractivity contribution in [2.24, 2.45) is 5.73 Å². The molecule has 0 bridgehead atoms. The Kier molecular flexibility index (Phi) is 3.80. The Morgan fingerprint density at radius 3 is 2.53 bits per heavy atom. The summed E-state index contributed by atoms with van der Waals surface area (Å²) in [6.45, 7) is 0. The molecule has 0 unspecified atom stereocenters. The van der Waals surface area contributed by atoms with Crippen LogP contribution in [0.5, 0.6) is 0 Å². The normalized spacial score (nSPS) is 17.7. The van der Waals surface area contributed by atoms with Crippen LogP contribution in [0.1, 0.15) is 32.1 Å². The first-order valence-corrected chi connectivity index (χ1v) is 6.37. The minimum Gasteiger partial charge on any atom is -0.319 e. The van der Waals surface area contributed by atoms with E-state index in [1.165, 1.54) is 12.1 Å². The maximum Gasteiger partial charge on any atom is 0.292 e. The third-order valence-electron chi connectivity index (χ3n) is 3.55. The van der Waals surface area contributed by atoms with Crippen LogP contribution in [0.15, 0.2) is 24.3 Å². The van der Waals surface area contributed by atoms with E-state index >= 15 is 0 Å². The Balaban J connectivity index is 2.17. The average molecular weight is 263 g/mol. The molecule has 3 N–H and O–H groups in total. The fraction of sp³-hybridized carbons (Fsp3) is 0.462. The molecule has 1 aliphatic rings. The SMILES string of the molecule is NC1(C(=O)Nc2ccccc2[N+](=O)[O-])CCCCC1. The lowest BCUT2D eigenvalue weighted by Crippen LogP contribution is -2.52. The zero-order chi connectivity index (χ0) is 13.9. The van der Waals surface area contributed by atoms with Gasteiger partial charge in [-0.05, 0) is 18.9 Å². The fourth-order valence-corrected chi connectivity index (χ4v) is 2.40. The van der Waals surface area contributed by atoms with Gasteiger partial charge in [-0.25, -0.2) is 0 Å². The first-order chi connectivity index (χ1) is 9.03. The number of hydrogen-bond donors (Lipinski definition) is 2. The van der Waals surface area contributed by atoms with Crippen molar-refractivity contribution in [2.75, 3.05) is 5.32 Å². The lowest BCUT2D eigenvalue weighted by atomic mass is 9.82. The summed E-state index contributed by atoms with van der Waals surface area (Å²) in [4.78, 5) is 22.6. The smallest absolute Gasteiger partial charge is 0.292 e. The van der Waals surface area contributed by atoms with Crippen LogP contribution in [0, 0.1) is 10.1 Å². The van der Waals surface area contributed by atoms with Gasteiger partial charge in [0.05, 0.1) is 10.5 Å². The summed E-state index contributed by atoms with van der Waals surface area (Å²) in [5, 5.41) is 13.5. The summed E-state index contributed by atoms with van der Waals surface area (Å²) in [6.07, 6.45) is 4.16. The molecule has 6 nitrogen and oxygen atoms in total. The van der Waals surface area contributed by atoms with Gasteiger partial charge in [-0.3, -0.25) is 14.9 Å². The summed E-state index contributed by atoms with van der Waals surface area (Å²) in [5.74, 6) is -0.332. The number of anilines is 1. The summed E-state index contributed by atoms with van der Waals surface area (Å²) >= 11 is 0. The largest absolute Gasteiger partial charge is 0.319 e. The first-order valence-electron chi connectivity index (χ1n) is 6.37. The van der Waals surface area contributed by atoms with E-state index in [1.807, 2.05) is 0 Å². The van der Waals surface area contributed by atoms with Crippen LogP contribution in [0.4, 0.5) is 11.4 Å². The second-order valence-corrected chi connectivity index (χ2v) is 4.95. The molecule has 0 saturated heterocycles. The van der Waals surface area contributed by atoms with Crippen molar-refractivity contribution in [3.05, 3.63) is 34.4 Å². The summed E-state index contributed by atoms with van der Waals surface area (Å²) in [6, 6.07) is 6.08. The Labute approximate surface area is 111 Å². The van der Waals surface area contributed by atoms with Gasteiger partial charge in [0.2, 0.25) is 5.91 Å². The van der Waals surface area contributed by atoms with E-state index in [0.717, 1.165) is 19.3 Å². The molecule has 0 atom stereocenters. The van der Waals surface area contributed by atoms with Crippen LogP contribution < -0.4 is 11.1 Å². The number of nitro groups is 1. The lowest BCUT2D eigenvalue weighted by Gasteiger charge is -2.31. The van der Waals surface area contributed by atoms with Gasteiger partial charge in [-0.1, -0.05) is 31.4 Å². The second-order valence-electron chi connectivity index (χ2n) is 4.95. The molecular formula is C13H17N3O3. The van der Waals surface area contributed by atoms with Gasteiger partial charge < -0.3 is 11.1 Å². The highest BCUT2D eigenvalue weighted by atomic mass is 16.6. The predicted molar refractivity (Wildman–Crippen MR) is 71.7 cm³/mol. The third-order valence-corrected chi connectivity index (χ3v) is 3.55. The standard InChI is InChI=1S/C13H17N3O3/c14-13(8-4-1-5-9-13)12(17)15-10-6-2-3-7-11(10)16(18)19/h2-3,6-7H,1,4-5,8-9,14H2,(H,15,17). The molecule has 1 aromatic rings. The third kappa shape index (κ3) is 2.90. The first kappa shape index (κ1) is 13.5. The molecule has 1 amide bonds. The predicted octanol–water partition coefficient (Wildman–Crippen LogP) is 2.19. The van der Waals surface area contributed by atoms with Gasteiger partial charge in [0.25, 0.3) is 5.69 Å². The van der Waals surface area contributed by atoms with Crippen LogP contribution in [0.3, 0.4) is 0 Å². The van der Waals surface area contributed by atoms with Gasteiger partial charge in [0.1, 0.15) is 5.69 Å². The minimum absolute atomic E-state index is 0.116. The Morgan fingerprint density at radius 1 is 1.26 bits per heavy atom. The molecule has 0 heterocycles. The molecule has 1 fully saturated rings. The highest BCUT2D eigenvalue weighted by Gasteiger charge is 2.36. The molecule has 2 rings (SSSR count). The molecule has 6 heteroatoms. The van der Waals surface area contributed by atoms with Crippen molar-refractivity contribution >= 4 is 17.3 Å². The highest BCUT2D eigenvalue weighted by Crippen LogP contribution is 2.29. The molecule has 0 aromatic heterocycles. The van der Waals surface area contributed by atoms with Gasteiger partial charge >= 0.3 is 0 Å². The summed E-state index contributed by atoms with van der Waals surface area (Å²) in [7, 11) is 0. The van der Waals surface area contributed by atoms with Gasteiger partial charge in [-0.2, -0.15) is 0 Å². The molecule has 0 radical (unpaired) electrons. The maximum absolute atomic E-state index is 12.2. The number of nitrogens with one attached hydrogen (secondary N) is 1. The quantitative estimate of drug-likeness (QED) is 0.645. The van der Waals surface area contributed by atoms with E-state index in [4.69, 9.17) is 5.73 Å². The second kappa shape index (κ2) is 5.36. The number of para-hydroxylation sites is 2. The zero-order valence-corrected chi connectivity index (χ0v) is 10.6. The molecule has 0 spiro atoms. The molecule has 19 heavy (non-hydrogen) atoms. The molecule has 102 valence electrons. The van der Waals surface area contributed by atoms with Crippen molar-refractivity contribution in [1.82, 2.24) is 0 Å². The number of carbonyl (C=O) groups excluding carboxylic acids is 1. The van der Waals surface area contributed by atoms with Gasteiger partial charge in [-0.15, -0.1) is 0 Å². The van der Waals surface area contributed by atoms with Crippen molar-refractivity contribution in [1.29, 1.82) is 0 Å². The molecule has 0 aliphatic heterocycles. The van der Waals surface area contributed by atoms with Crippen LogP contribution in [-0.2, 0) is 4.79 Å². The molecular weight excluding hydrogens is 246 g/mol. The van der Waals surface area contributed by atoms with Crippen LogP contribution >= 0.6 is 0 Å². The van der Waals surface area contributed by atoms with Gasteiger partial charge in [0, 0.05) is 6.07 Å². The summed E-state index contributed by atoms with van der Waals surface area (Å²) < 4.78 is 0. The Morgan fingerprint density at radius 2 is 1.89 bits per heavy atom. The van der Waals surface area contributed by atoms with Crippen molar-refractivity contribution < 1.29 is 9.72 Å². The number of hydrogen-bond acceptors (Lipinski definition) is 4. The van der Waals surface area contributed by atoms with E-state index in [-0.39, 0.29) is 17.3 Å². The molecule has 1 aliphatic carbocycles. The van der Waals surface area contributed by atoms with Crippen LogP contribution in [0.2, 0.25) is 0 Å². The minimum atomic E-state index is -0.901. The number of rotatable bonds is 3. The number of benzene rings is 1. The molecule has 1 saturated carbocycles. The lowest BCUT2D eigenvalue weighted by molar-refractivity contribution is -0.383. The topological polar surface area (TPSA) is 98.3 Å². The average Bonchev–Trinajstić information content (AvgIpc) is 2.40. The van der Waals surface area contributed by atoms with Crippen molar-refractivity contribution in [2.45, 2.75) is 37.6 Å². The van der Waals surface area contributed by atoms with E-state index in [9.17, 15) is 14.9 Å². The van der Waals surface area contributed by atoms with Crippen molar-refractivity contribution in [3.63, 3.8) is 0 Å². The van der Waals surface area contributed by atoms with E-state index in [2.05, 4.69) is 5.32 Å². The molecule has 1 aromatic carbocycles. The van der Waals surface area contributed by atoms with E-state index in [1.54, 1.807) is 12.1 Å². The number of nitrogens with zero attached hydrogens (tertiary/aromatic N) is 1. The Bertz CT molecular complexity index is 496. The van der Waals surface area contributed by atoms with E-state index < -0.39 is 10.5 Å². The number of nitro benzene ring substituents is 1. The number of nitrogens with two attached hydrogens (primary N) is 1. The number of amides is 1. The Hall–Kier alpha value is -1.95. The van der Waals surface area contributed by atoms with E-state index in [0.29, 0.717) is 12.8 Å².